The summed E-state index contributed by atoms with van der Waals surface area (Å²) >= 11 is 3.44. The zero-order chi connectivity index (χ0) is 13.3. The first-order valence-corrected chi connectivity index (χ1v) is 6.50. The first kappa shape index (κ1) is 13.2. The van der Waals surface area contributed by atoms with E-state index in [-0.39, 0.29) is 0 Å². The Morgan fingerprint density at radius 3 is 2.22 bits per heavy atom. The standard InChI is InChI=1S/C13H15BrO4/c1-17-8-4-5-9(18-2)11(14)10(8)13(12(15)16)6-3-7-13/h4-5H,3,6-7H2,1-2H3,(H,15,16). The van der Waals surface area contributed by atoms with Gasteiger partial charge in [-0.2, -0.15) is 0 Å². The smallest absolute Gasteiger partial charge is 0.314 e. The zero-order valence-electron chi connectivity index (χ0n) is 10.3. The zero-order valence-corrected chi connectivity index (χ0v) is 11.9. The van der Waals surface area contributed by atoms with Crippen LogP contribution in [-0.2, 0) is 10.2 Å². The predicted molar refractivity (Wildman–Crippen MR) is 70.4 cm³/mol. The van der Waals surface area contributed by atoms with E-state index < -0.39 is 11.4 Å². The topological polar surface area (TPSA) is 55.8 Å². The maximum atomic E-state index is 11.6. The summed E-state index contributed by atoms with van der Waals surface area (Å²) < 4.78 is 11.2. The van der Waals surface area contributed by atoms with Gasteiger partial charge in [0.2, 0.25) is 0 Å². The molecule has 2 rings (SSSR count). The van der Waals surface area contributed by atoms with Gasteiger partial charge in [-0.25, -0.2) is 0 Å². The van der Waals surface area contributed by atoms with Crippen LogP contribution in [-0.4, -0.2) is 25.3 Å². The number of benzene rings is 1. The second kappa shape index (κ2) is 4.80. The Morgan fingerprint density at radius 1 is 1.28 bits per heavy atom. The van der Waals surface area contributed by atoms with E-state index in [1.165, 1.54) is 0 Å². The molecule has 0 aliphatic heterocycles. The van der Waals surface area contributed by atoms with Crippen molar-refractivity contribution < 1.29 is 19.4 Å². The van der Waals surface area contributed by atoms with Crippen LogP contribution in [0.1, 0.15) is 24.8 Å². The average molecular weight is 315 g/mol. The lowest BCUT2D eigenvalue weighted by molar-refractivity contribution is -0.147. The van der Waals surface area contributed by atoms with Gasteiger partial charge in [0.15, 0.2) is 0 Å². The van der Waals surface area contributed by atoms with Crippen molar-refractivity contribution in [3.63, 3.8) is 0 Å². The highest BCUT2D eigenvalue weighted by Gasteiger charge is 2.49. The molecule has 0 unspecified atom stereocenters. The van der Waals surface area contributed by atoms with Crippen LogP contribution in [0.3, 0.4) is 0 Å². The maximum absolute atomic E-state index is 11.6. The summed E-state index contributed by atoms with van der Waals surface area (Å²) in [7, 11) is 3.11. The average Bonchev–Trinajstić information content (AvgIpc) is 2.29. The lowest BCUT2D eigenvalue weighted by Crippen LogP contribution is -2.43. The molecule has 0 atom stereocenters. The van der Waals surface area contributed by atoms with Gasteiger partial charge < -0.3 is 14.6 Å². The molecular weight excluding hydrogens is 300 g/mol. The van der Waals surface area contributed by atoms with E-state index in [9.17, 15) is 9.90 Å². The molecule has 1 aliphatic rings. The fraction of sp³-hybridized carbons (Fsp3) is 0.462. The summed E-state index contributed by atoms with van der Waals surface area (Å²) in [4.78, 5) is 11.6. The van der Waals surface area contributed by atoms with E-state index in [2.05, 4.69) is 15.9 Å². The van der Waals surface area contributed by atoms with Crippen molar-refractivity contribution in [3.8, 4) is 11.5 Å². The highest BCUT2D eigenvalue weighted by Crippen LogP contribution is 2.52. The number of carboxylic acids is 1. The number of hydrogen-bond acceptors (Lipinski definition) is 3. The molecule has 4 nitrogen and oxygen atoms in total. The van der Waals surface area contributed by atoms with Crippen molar-refractivity contribution in [2.75, 3.05) is 14.2 Å². The molecule has 0 amide bonds. The van der Waals surface area contributed by atoms with Crippen LogP contribution in [0.25, 0.3) is 0 Å². The molecule has 0 saturated heterocycles. The normalized spacial score (nSPS) is 16.8. The second-order valence-corrected chi connectivity index (χ2v) is 5.19. The first-order chi connectivity index (χ1) is 8.56. The largest absolute Gasteiger partial charge is 0.496 e. The van der Waals surface area contributed by atoms with Crippen molar-refractivity contribution in [2.45, 2.75) is 24.7 Å². The minimum Gasteiger partial charge on any atom is -0.496 e. The van der Waals surface area contributed by atoms with Gasteiger partial charge in [0.05, 0.1) is 24.1 Å². The maximum Gasteiger partial charge on any atom is 0.314 e. The third-order valence-corrected chi connectivity index (χ3v) is 4.39. The van der Waals surface area contributed by atoms with E-state index in [1.54, 1.807) is 26.4 Å². The van der Waals surface area contributed by atoms with Gasteiger partial charge in [0.25, 0.3) is 0 Å². The van der Waals surface area contributed by atoms with Gasteiger partial charge in [-0.1, -0.05) is 6.42 Å². The molecule has 1 aromatic rings. The predicted octanol–water partition coefficient (Wildman–Crippen LogP) is 2.97. The highest BCUT2D eigenvalue weighted by atomic mass is 79.9. The van der Waals surface area contributed by atoms with E-state index in [1.807, 2.05) is 0 Å². The van der Waals surface area contributed by atoms with Crippen molar-refractivity contribution in [1.82, 2.24) is 0 Å². The SMILES string of the molecule is COc1ccc(OC)c(C2(C(=O)O)CCC2)c1Br. The molecule has 1 N–H and O–H groups in total. The molecule has 0 spiro atoms. The summed E-state index contributed by atoms with van der Waals surface area (Å²) in [5.41, 5.74) is -0.165. The van der Waals surface area contributed by atoms with Crippen molar-refractivity contribution in [3.05, 3.63) is 22.2 Å². The molecule has 1 fully saturated rings. The van der Waals surface area contributed by atoms with Gasteiger partial charge in [-0.3, -0.25) is 4.79 Å². The molecule has 5 heteroatoms. The lowest BCUT2D eigenvalue weighted by Gasteiger charge is -2.39. The quantitative estimate of drug-likeness (QED) is 0.928. The molecular formula is C13H15BrO4. The van der Waals surface area contributed by atoms with E-state index >= 15 is 0 Å². The van der Waals surface area contributed by atoms with E-state index in [4.69, 9.17) is 9.47 Å². The molecule has 0 heterocycles. The Hall–Kier alpha value is -1.23. The summed E-state index contributed by atoms with van der Waals surface area (Å²) in [5, 5.41) is 9.53. The van der Waals surface area contributed by atoms with Gasteiger partial charge in [0, 0.05) is 5.56 Å². The Morgan fingerprint density at radius 2 is 1.83 bits per heavy atom. The van der Waals surface area contributed by atoms with Crippen LogP contribution in [0.5, 0.6) is 11.5 Å². The van der Waals surface area contributed by atoms with E-state index in [0.29, 0.717) is 34.4 Å². The van der Waals surface area contributed by atoms with Crippen LogP contribution < -0.4 is 9.47 Å². The molecule has 0 aromatic heterocycles. The molecule has 1 aromatic carbocycles. The molecule has 1 aliphatic carbocycles. The number of aliphatic carboxylic acids is 1. The number of halogens is 1. The van der Waals surface area contributed by atoms with Crippen LogP contribution in [0, 0.1) is 0 Å². The Labute approximate surface area is 114 Å². The molecule has 98 valence electrons. The minimum absolute atomic E-state index is 0.588. The van der Waals surface area contributed by atoms with Crippen LogP contribution in [0.15, 0.2) is 16.6 Å². The minimum atomic E-state index is -0.848. The number of carbonyl (C=O) groups is 1. The fourth-order valence-electron chi connectivity index (χ4n) is 2.41. The van der Waals surface area contributed by atoms with Gasteiger partial charge >= 0.3 is 5.97 Å². The number of ether oxygens (including phenoxy) is 2. The van der Waals surface area contributed by atoms with Gasteiger partial charge in [-0.15, -0.1) is 0 Å². The highest BCUT2D eigenvalue weighted by molar-refractivity contribution is 9.10. The molecule has 0 bridgehead atoms. The van der Waals surface area contributed by atoms with Gasteiger partial charge in [-0.05, 0) is 40.9 Å². The number of rotatable bonds is 4. The van der Waals surface area contributed by atoms with Crippen molar-refractivity contribution in [2.24, 2.45) is 0 Å². The lowest BCUT2D eigenvalue weighted by atomic mass is 9.64. The van der Waals surface area contributed by atoms with Crippen LogP contribution in [0.4, 0.5) is 0 Å². The van der Waals surface area contributed by atoms with Crippen LogP contribution in [0.2, 0.25) is 0 Å². The molecule has 1 saturated carbocycles. The Balaban J connectivity index is 2.64. The van der Waals surface area contributed by atoms with Crippen LogP contribution >= 0.6 is 15.9 Å². The number of methoxy groups -OCH3 is 2. The number of hydrogen-bond donors (Lipinski definition) is 1. The summed E-state index contributed by atoms with van der Waals surface area (Å²) in [6, 6.07) is 3.52. The second-order valence-electron chi connectivity index (χ2n) is 4.40. The molecule has 0 radical (unpaired) electrons. The summed E-state index contributed by atoms with van der Waals surface area (Å²) in [6.45, 7) is 0. The van der Waals surface area contributed by atoms with Gasteiger partial charge in [0.1, 0.15) is 11.5 Å². The fourth-order valence-corrected chi connectivity index (χ4v) is 3.28. The first-order valence-electron chi connectivity index (χ1n) is 5.71. The Kier molecular flexibility index (Phi) is 3.52. The van der Waals surface area contributed by atoms with E-state index in [0.717, 1.165) is 6.42 Å². The Bertz CT molecular complexity index is 480. The number of carboxylic acid groups (broad SMARTS) is 1. The van der Waals surface area contributed by atoms with Crippen molar-refractivity contribution >= 4 is 21.9 Å². The monoisotopic (exact) mass is 314 g/mol. The summed E-state index contributed by atoms with van der Waals surface area (Å²) in [6.07, 6.45) is 2.17. The summed E-state index contributed by atoms with van der Waals surface area (Å²) in [5.74, 6) is 0.407. The molecule has 18 heavy (non-hydrogen) atoms. The third-order valence-electron chi connectivity index (χ3n) is 3.60. The van der Waals surface area contributed by atoms with Crippen molar-refractivity contribution in [1.29, 1.82) is 0 Å². The third kappa shape index (κ3) is 1.77.